The summed E-state index contributed by atoms with van der Waals surface area (Å²) in [7, 11) is 0. The number of amides is 1. The second-order valence-electron chi connectivity index (χ2n) is 4.60. The molecule has 0 spiro atoms. The molecule has 3 rings (SSSR count). The molecule has 0 bridgehead atoms. The van der Waals surface area contributed by atoms with Gasteiger partial charge in [0.1, 0.15) is 5.66 Å². The quantitative estimate of drug-likeness (QED) is 0.722. The van der Waals surface area contributed by atoms with Gasteiger partial charge in [-0.05, 0) is 31.5 Å². The predicted octanol–water partition coefficient (Wildman–Crippen LogP) is 1.65. The summed E-state index contributed by atoms with van der Waals surface area (Å²) < 4.78 is 0. The van der Waals surface area contributed by atoms with Gasteiger partial charge in [-0.3, -0.25) is 14.9 Å². The topological polar surface area (TPSA) is 78.9 Å². The van der Waals surface area contributed by atoms with Gasteiger partial charge in [0.2, 0.25) is 5.91 Å². The fourth-order valence-electron chi connectivity index (χ4n) is 2.60. The highest BCUT2D eigenvalue weighted by atomic mass is 16.8. The van der Waals surface area contributed by atoms with Gasteiger partial charge in [-0.15, -0.1) is 0 Å². The lowest BCUT2D eigenvalue weighted by Crippen LogP contribution is -2.44. The molecule has 1 atom stereocenters. The molecule has 2 N–H and O–H groups in total. The van der Waals surface area contributed by atoms with Crippen LogP contribution in [0.2, 0.25) is 0 Å². The van der Waals surface area contributed by atoms with Crippen LogP contribution in [-0.4, -0.2) is 16.8 Å². The predicted molar refractivity (Wildman–Crippen MR) is 62.8 cm³/mol. The Hall–Kier alpha value is -1.79. The summed E-state index contributed by atoms with van der Waals surface area (Å²) in [6.45, 7) is 1.95. The first kappa shape index (κ1) is 10.4. The van der Waals surface area contributed by atoms with Gasteiger partial charge < -0.3 is 15.8 Å². The molecule has 1 fully saturated rings. The zero-order valence-corrected chi connectivity index (χ0v) is 9.30. The number of nitrogens with zero attached hydrogens (tertiary/aromatic N) is 2. The Morgan fingerprint density at radius 2 is 2.35 bits per heavy atom. The number of rotatable bonds is 1. The van der Waals surface area contributed by atoms with E-state index in [1.54, 1.807) is 17.0 Å². The number of fused-ring (bicyclic) bond motifs is 3. The average molecular weight is 234 g/mol. The molecule has 6 heteroatoms. The maximum absolute atomic E-state index is 11.8. The molecule has 17 heavy (non-hydrogen) atoms. The van der Waals surface area contributed by atoms with Crippen LogP contribution in [0, 0.1) is 5.21 Å². The van der Waals surface area contributed by atoms with Crippen LogP contribution in [0.1, 0.15) is 19.8 Å². The Balaban J connectivity index is 2.08. The van der Waals surface area contributed by atoms with Crippen molar-refractivity contribution in [1.82, 2.24) is 0 Å². The fourth-order valence-corrected chi connectivity index (χ4v) is 2.60. The van der Waals surface area contributed by atoms with E-state index in [9.17, 15) is 10.0 Å². The van der Waals surface area contributed by atoms with Crippen LogP contribution in [0.15, 0.2) is 18.2 Å². The van der Waals surface area contributed by atoms with Crippen LogP contribution in [0.3, 0.4) is 0 Å². The maximum Gasteiger partial charge on any atom is 0.229 e. The van der Waals surface area contributed by atoms with Crippen LogP contribution >= 0.6 is 0 Å². The van der Waals surface area contributed by atoms with Crippen molar-refractivity contribution in [1.29, 1.82) is 0 Å². The summed E-state index contributed by atoms with van der Waals surface area (Å²) in [5.41, 5.74) is 1.21. The van der Waals surface area contributed by atoms with Gasteiger partial charge in [0.25, 0.3) is 0 Å². The number of anilines is 3. The average Bonchev–Trinajstić information content (AvgIpc) is 2.71. The highest BCUT2D eigenvalue weighted by molar-refractivity contribution is 6.04. The summed E-state index contributed by atoms with van der Waals surface area (Å²) in [6.07, 6.45) is 1.26. The lowest BCUT2D eigenvalue weighted by atomic mass is 10.1. The third kappa shape index (κ3) is 1.31. The first-order valence-electron chi connectivity index (χ1n) is 5.43. The highest BCUT2D eigenvalue weighted by Crippen LogP contribution is 2.46. The van der Waals surface area contributed by atoms with E-state index in [0.29, 0.717) is 12.1 Å². The zero-order chi connectivity index (χ0) is 12.2. The van der Waals surface area contributed by atoms with E-state index < -0.39 is 5.66 Å². The normalized spacial score (nSPS) is 25.6. The van der Waals surface area contributed by atoms with Gasteiger partial charge >= 0.3 is 0 Å². The van der Waals surface area contributed by atoms with Gasteiger partial charge in [0, 0.05) is 6.42 Å². The SMILES string of the molecule is CC12CCC(=O)N1c1ccc(N([O-])O)cc1N2. The van der Waals surface area contributed by atoms with Gasteiger partial charge in [-0.1, -0.05) is 0 Å². The number of hydrogen-bond acceptors (Lipinski definition) is 5. The first-order chi connectivity index (χ1) is 8.01. The van der Waals surface area contributed by atoms with Crippen LogP contribution in [0.4, 0.5) is 17.1 Å². The number of carbonyl (C=O) groups excluding carboxylic acids is 1. The largest absolute Gasteiger partial charge is 0.733 e. The van der Waals surface area contributed by atoms with Crippen molar-refractivity contribution >= 4 is 23.0 Å². The van der Waals surface area contributed by atoms with Gasteiger partial charge in [0.05, 0.1) is 17.1 Å². The molecule has 6 nitrogen and oxygen atoms in total. The molecule has 1 aromatic rings. The minimum absolute atomic E-state index is 0.0782. The second kappa shape index (κ2) is 3.12. The second-order valence-corrected chi connectivity index (χ2v) is 4.60. The molecule has 1 aromatic carbocycles. The van der Waals surface area contributed by atoms with E-state index in [0.717, 1.165) is 12.1 Å². The minimum atomic E-state index is -0.402. The lowest BCUT2D eigenvalue weighted by Gasteiger charge is -2.27. The maximum atomic E-state index is 11.8. The standard InChI is InChI=1S/C11H12N3O3/c1-11-5-4-10(15)13(11)9-3-2-7(14(16)17)6-8(9)12-11/h2-3,6,12,16H,4-5H2,1H3/q-1. The Labute approximate surface area is 98.0 Å². The molecule has 1 unspecified atom stereocenters. The van der Waals surface area contributed by atoms with Gasteiger partial charge in [0.15, 0.2) is 0 Å². The number of benzene rings is 1. The first-order valence-corrected chi connectivity index (χ1v) is 5.43. The molecule has 0 saturated carbocycles. The summed E-state index contributed by atoms with van der Waals surface area (Å²) >= 11 is 0. The van der Waals surface area contributed by atoms with Crippen molar-refractivity contribution in [2.75, 3.05) is 15.4 Å². The Bertz CT molecular complexity index is 503. The molecule has 0 aromatic heterocycles. The van der Waals surface area contributed by atoms with Crippen LogP contribution in [0.25, 0.3) is 0 Å². The Morgan fingerprint density at radius 3 is 3.06 bits per heavy atom. The molecule has 0 radical (unpaired) electrons. The monoisotopic (exact) mass is 234 g/mol. The molecule has 1 saturated heterocycles. The van der Waals surface area contributed by atoms with E-state index in [4.69, 9.17) is 5.21 Å². The van der Waals surface area contributed by atoms with Crippen molar-refractivity contribution in [3.63, 3.8) is 0 Å². The summed E-state index contributed by atoms with van der Waals surface area (Å²) in [4.78, 5) is 13.5. The minimum Gasteiger partial charge on any atom is -0.733 e. The number of carbonyl (C=O) groups is 1. The molecular weight excluding hydrogens is 222 g/mol. The van der Waals surface area contributed by atoms with Crippen molar-refractivity contribution in [2.24, 2.45) is 0 Å². The molecule has 2 aliphatic rings. The van der Waals surface area contributed by atoms with Gasteiger partial charge in [-0.2, -0.15) is 0 Å². The van der Waals surface area contributed by atoms with E-state index >= 15 is 0 Å². The number of hydrogen-bond donors (Lipinski definition) is 2. The van der Waals surface area contributed by atoms with Crippen molar-refractivity contribution < 1.29 is 10.0 Å². The van der Waals surface area contributed by atoms with Gasteiger partial charge in [-0.25, -0.2) is 0 Å². The Kier molecular flexibility index (Phi) is 1.90. The van der Waals surface area contributed by atoms with Crippen LogP contribution in [0.5, 0.6) is 0 Å². The van der Waals surface area contributed by atoms with E-state index in [1.165, 1.54) is 6.07 Å². The van der Waals surface area contributed by atoms with Crippen LogP contribution < -0.4 is 15.4 Å². The third-order valence-corrected chi connectivity index (χ3v) is 3.41. The Morgan fingerprint density at radius 1 is 1.59 bits per heavy atom. The molecule has 0 aliphatic carbocycles. The molecule has 2 heterocycles. The highest BCUT2D eigenvalue weighted by Gasteiger charge is 2.47. The molecule has 1 amide bonds. The van der Waals surface area contributed by atoms with Crippen molar-refractivity contribution in [3.8, 4) is 0 Å². The lowest BCUT2D eigenvalue weighted by molar-refractivity contribution is -0.117. The van der Waals surface area contributed by atoms with E-state index in [-0.39, 0.29) is 16.8 Å². The smallest absolute Gasteiger partial charge is 0.229 e. The fraction of sp³-hybridized carbons (Fsp3) is 0.364. The van der Waals surface area contributed by atoms with Crippen molar-refractivity contribution in [3.05, 3.63) is 23.4 Å². The molecule has 2 aliphatic heterocycles. The van der Waals surface area contributed by atoms with Crippen molar-refractivity contribution in [2.45, 2.75) is 25.4 Å². The summed E-state index contributed by atoms with van der Waals surface area (Å²) in [5.74, 6) is 0.0782. The van der Waals surface area contributed by atoms with E-state index in [2.05, 4.69) is 5.32 Å². The zero-order valence-electron chi connectivity index (χ0n) is 9.30. The summed E-state index contributed by atoms with van der Waals surface area (Å²) in [5, 5.41) is 22.7. The molecular formula is C11H12N3O3-. The number of nitrogens with one attached hydrogen (secondary N) is 1. The third-order valence-electron chi connectivity index (χ3n) is 3.41. The summed E-state index contributed by atoms with van der Waals surface area (Å²) in [6, 6.07) is 4.71. The molecule has 90 valence electrons. The van der Waals surface area contributed by atoms with Crippen LogP contribution in [-0.2, 0) is 4.79 Å². The van der Waals surface area contributed by atoms with E-state index in [1.807, 2.05) is 6.92 Å².